The monoisotopic (exact) mass is 209 g/mol. The highest BCUT2D eigenvalue weighted by Gasteiger charge is 2.10. The fourth-order valence-corrected chi connectivity index (χ4v) is 2.08. The summed E-state index contributed by atoms with van der Waals surface area (Å²) in [4.78, 5) is 0. The van der Waals surface area contributed by atoms with Gasteiger partial charge in [0, 0.05) is 23.7 Å². The van der Waals surface area contributed by atoms with E-state index in [1.54, 1.807) is 11.8 Å². The second-order valence-corrected chi connectivity index (χ2v) is 4.40. The van der Waals surface area contributed by atoms with Gasteiger partial charge in [0.15, 0.2) is 4.21 Å². The quantitative estimate of drug-likeness (QED) is 0.557. The third-order valence-corrected chi connectivity index (χ3v) is 3.44. The highest BCUT2D eigenvalue weighted by atomic mass is 32.2. The zero-order valence-corrected chi connectivity index (χ0v) is 8.81. The SMILES string of the molecule is CSc1c[n+](-c2ccccc2)ns1. The highest BCUT2D eigenvalue weighted by molar-refractivity contribution is 8.00. The number of benzene rings is 1. The summed E-state index contributed by atoms with van der Waals surface area (Å²) in [6.07, 6.45) is 4.10. The molecule has 0 spiro atoms. The summed E-state index contributed by atoms with van der Waals surface area (Å²) in [7, 11) is 0. The zero-order valence-electron chi connectivity index (χ0n) is 7.18. The number of para-hydroxylation sites is 1. The molecule has 0 saturated heterocycles. The van der Waals surface area contributed by atoms with E-state index >= 15 is 0 Å². The van der Waals surface area contributed by atoms with Crippen LogP contribution in [0, 0.1) is 0 Å². The molecule has 0 saturated carbocycles. The minimum Gasteiger partial charge on any atom is -0.111 e. The van der Waals surface area contributed by atoms with Gasteiger partial charge < -0.3 is 0 Å². The average Bonchev–Trinajstić information content (AvgIpc) is 2.67. The normalized spacial score (nSPS) is 10.2. The lowest BCUT2D eigenvalue weighted by Gasteiger charge is -1.84. The molecule has 2 aromatic rings. The Bertz CT molecular complexity index is 384. The van der Waals surface area contributed by atoms with Gasteiger partial charge in [0.1, 0.15) is 0 Å². The molecule has 0 aliphatic rings. The van der Waals surface area contributed by atoms with Crippen LogP contribution in [0.1, 0.15) is 0 Å². The van der Waals surface area contributed by atoms with Crippen LogP contribution in [0.3, 0.4) is 0 Å². The first-order valence-corrected chi connectivity index (χ1v) is 5.88. The molecule has 0 N–H and O–H groups in total. The van der Waals surface area contributed by atoms with Gasteiger partial charge in [-0.15, -0.1) is 11.8 Å². The van der Waals surface area contributed by atoms with Gasteiger partial charge in [0.05, 0.1) is 4.49 Å². The first kappa shape index (κ1) is 8.72. The summed E-state index contributed by atoms with van der Waals surface area (Å²) in [5, 5.41) is 0. The van der Waals surface area contributed by atoms with Gasteiger partial charge in [-0.1, -0.05) is 18.2 Å². The van der Waals surface area contributed by atoms with E-state index in [1.807, 2.05) is 41.2 Å². The maximum Gasteiger partial charge on any atom is 0.239 e. The van der Waals surface area contributed by atoms with Crippen molar-refractivity contribution in [2.45, 2.75) is 4.21 Å². The Morgan fingerprint density at radius 3 is 2.69 bits per heavy atom. The summed E-state index contributed by atoms with van der Waals surface area (Å²) in [5.41, 5.74) is 1.11. The van der Waals surface area contributed by atoms with E-state index in [0.29, 0.717) is 0 Å². The van der Waals surface area contributed by atoms with E-state index in [4.69, 9.17) is 0 Å². The smallest absolute Gasteiger partial charge is 0.111 e. The van der Waals surface area contributed by atoms with Gasteiger partial charge in [-0.3, -0.25) is 0 Å². The predicted octanol–water partition coefficient (Wildman–Crippen LogP) is 2.14. The van der Waals surface area contributed by atoms with Crippen LogP contribution in [0.2, 0.25) is 0 Å². The number of nitrogens with zero attached hydrogens (tertiary/aromatic N) is 2. The average molecular weight is 209 g/mol. The molecule has 0 amide bonds. The van der Waals surface area contributed by atoms with Crippen molar-refractivity contribution in [3.8, 4) is 5.69 Å². The molecule has 0 aliphatic heterocycles. The van der Waals surface area contributed by atoms with Crippen LogP contribution < -0.4 is 4.68 Å². The molecule has 0 radical (unpaired) electrons. The van der Waals surface area contributed by atoms with Crippen molar-refractivity contribution < 1.29 is 4.68 Å². The molecule has 13 heavy (non-hydrogen) atoms. The molecule has 2 rings (SSSR count). The van der Waals surface area contributed by atoms with Gasteiger partial charge in [0.25, 0.3) is 0 Å². The number of hydrogen-bond donors (Lipinski definition) is 0. The number of rotatable bonds is 2. The number of aromatic nitrogens is 2. The second kappa shape index (κ2) is 3.89. The lowest BCUT2D eigenvalue weighted by Crippen LogP contribution is -2.30. The lowest BCUT2D eigenvalue weighted by atomic mass is 10.3. The van der Waals surface area contributed by atoms with Crippen molar-refractivity contribution in [1.82, 2.24) is 4.49 Å². The lowest BCUT2D eigenvalue weighted by molar-refractivity contribution is -0.652. The Labute approximate surface area is 85.4 Å². The summed E-state index contributed by atoms with van der Waals surface area (Å²) >= 11 is 3.24. The van der Waals surface area contributed by atoms with E-state index in [1.165, 1.54) is 15.7 Å². The summed E-state index contributed by atoms with van der Waals surface area (Å²) < 4.78 is 7.42. The molecule has 4 heteroatoms. The van der Waals surface area contributed by atoms with Crippen molar-refractivity contribution in [3.63, 3.8) is 0 Å². The summed E-state index contributed by atoms with van der Waals surface area (Å²) in [6.45, 7) is 0. The van der Waals surface area contributed by atoms with Crippen LogP contribution in [0.4, 0.5) is 0 Å². The molecule has 2 nitrogen and oxygen atoms in total. The fourth-order valence-electron chi connectivity index (χ4n) is 1.02. The molecule has 1 aromatic carbocycles. The minimum absolute atomic E-state index is 1.11. The van der Waals surface area contributed by atoms with Gasteiger partial charge in [0.2, 0.25) is 11.9 Å². The van der Waals surface area contributed by atoms with Crippen LogP contribution in [0.5, 0.6) is 0 Å². The Morgan fingerprint density at radius 2 is 2.08 bits per heavy atom. The van der Waals surface area contributed by atoms with E-state index < -0.39 is 0 Å². The molecule has 1 aromatic heterocycles. The zero-order chi connectivity index (χ0) is 9.10. The summed E-state index contributed by atoms with van der Waals surface area (Å²) in [5.74, 6) is 0. The van der Waals surface area contributed by atoms with Crippen molar-refractivity contribution in [2.24, 2.45) is 0 Å². The topological polar surface area (TPSA) is 16.8 Å². The molecule has 0 fully saturated rings. The van der Waals surface area contributed by atoms with Gasteiger partial charge in [-0.25, -0.2) is 0 Å². The maximum atomic E-state index is 4.29. The first-order valence-electron chi connectivity index (χ1n) is 3.88. The summed E-state index contributed by atoms with van der Waals surface area (Å²) in [6, 6.07) is 10.1. The third-order valence-electron chi connectivity index (χ3n) is 1.67. The van der Waals surface area contributed by atoms with Crippen LogP contribution in [-0.4, -0.2) is 10.7 Å². The Morgan fingerprint density at radius 1 is 1.31 bits per heavy atom. The number of hydrogen-bond acceptors (Lipinski definition) is 3. The van der Waals surface area contributed by atoms with E-state index in [2.05, 4.69) is 10.7 Å². The molecular weight excluding hydrogens is 200 g/mol. The largest absolute Gasteiger partial charge is 0.239 e. The van der Waals surface area contributed by atoms with E-state index in [-0.39, 0.29) is 0 Å². The van der Waals surface area contributed by atoms with Crippen LogP contribution in [-0.2, 0) is 0 Å². The molecule has 66 valence electrons. The molecule has 1 heterocycles. The van der Waals surface area contributed by atoms with Gasteiger partial charge >= 0.3 is 0 Å². The molecule has 0 atom stereocenters. The minimum atomic E-state index is 1.11. The Balaban J connectivity index is 2.36. The Hall–Kier alpha value is -0.870. The third kappa shape index (κ3) is 1.89. The second-order valence-electron chi connectivity index (χ2n) is 2.51. The molecule has 0 aliphatic carbocycles. The highest BCUT2D eigenvalue weighted by Crippen LogP contribution is 2.15. The predicted molar refractivity (Wildman–Crippen MR) is 55.4 cm³/mol. The first-order chi connectivity index (χ1) is 6.40. The van der Waals surface area contributed by atoms with Crippen LogP contribution in [0.25, 0.3) is 5.69 Å². The van der Waals surface area contributed by atoms with Gasteiger partial charge in [-0.2, -0.15) is 0 Å². The molecular formula is C9H9N2S2+. The van der Waals surface area contributed by atoms with Crippen molar-refractivity contribution in [2.75, 3.05) is 6.26 Å². The van der Waals surface area contributed by atoms with Crippen LogP contribution >= 0.6 is 23.3 Å². The van der Waals surface area contributed by atoms with Crippen LogP contribution in [0.15, 0.2) is 40.7 Å². The van der Waals surface area contributed by atoms with Crippen molar-refractivity contribution in [1.29, 1.82) is 0 Å². The fraction of sp³-hybridized carbons (Fsp3) is 0.111. The van der Waals surface area contributed by atoms with Gasteiger partial charge in [-0.05, 0) is 10.9 Å². The van der Waals surface area contributed by atoms with E-state index in [0.717, 1.165) is 5.69 Å². The van der Waals surface area contributed by atoms with Crippen molar-refractivity contribution >= 4 is 23.3 Å². The number of thioether (sulfide) groups is 1. The van der Waals surface area contributed by atoms with E-state index in [9.17, 15) is 0 Å². The molecule has 0 bridgehead atoms. The standard InChI is InChI=1S/C9H9N2S2/c1-12-9-7-11(10-13-9)8-5-3-2-4-6-8/h2-7H,1H3/q+1. The molecule has 0 unspecified atom stereocenters. The maximum absolute atomic E-state index is 4.29. The van der Waals surface area contributed by atoms with Crippen molar-refractivity contribution in [3.05, 3.63) is 36.5 Å². The Kier molecular flexibility index (Phi) is 2.61.